The largest absolute Gasteiger partial charge is 0.459 e. The van der Waals surface area contributed by atoms with E-state index in [9.17, 15) is 9.59 Å². The van der Waals surface area contributed by atoms with E-state index in [-0.39, 0.29) is 17.6 Å². The number of anilines is 1. The lowest BCUT2D eigenvalue weighted by molar-refractivity contribution is -0.116. The molecule has 6 nitrogen and oxygen atoms in total. The van der Waals surface area contributed by atoms with Crippen molar-refractivity contribution in [3.05, 3.63) is 54.0 Å². The molecule has 0 bridgehead atoms. The molecule has 0 fully saturated rings. The van der Waals surface area contributed by atoms with Gasteiger partial charge >= 0.3 is 0 Å². The van der Waals surface area contributed by atoms with Crippen LogP contribution in [0.2, 0.25) is 0 Å². The summed E-state index contributed by atoms with van der Waals surface area (Å²) >= 11 is 0. The molecule has 0 saturated carbocycles. The average molecular weight is 311 g/mol. The molecule has 6 heteroatoms. The van der Waals surface area contributed by atoms with Gasteiger partial charge in [0.1, 0.15) is 0 Å². The van der Waals surface area contributed by atoms with E-state index in [1.165, 1.54) is 6.26 Å². The minimum absolute atomic E-state index is 0.120. The van der Waals surface area contributed by atoms with Crippen LogP contribution >= 0.6 is 0 Å². The topological polar surface area (TPSA) is 95.1 Å². The molecular weight excluding hydrogens is 294 g/mol. The lowest BCUT2D eigenvalue weighted by atomic mass is 10.1. The van der Waals surface area contributed by atoms with Crippen LogP contribution in [0.1, 0.15) is 29.0 Å². The number of rotatable bonds is 7. The molecule has 1 aromatic carbocycles. The number of amides is 2. The monoisotopic (exact) mass is 311 g/mol. The van der Waals surface area contributed by atoms with Gasteiger partial charge in [0, 0.05) is 18.7 Å². The van der Waals surface area contributed by atoms with Crippen molar-refractivity contribution in [3.8, 4) is 6.07 Å². The van der Waals surface area contributed by atoms with Gasteiger partial charge in [-0.15, -0.1) is 0 Å². The summed E-state index contributed by atoms with van der Waals surface area (Å²) in [6.45, 7) is 0.397. The summed E-state index contributed by atoms with van der Waals surface area (Å²) < 4.78 is 4.97. The van der Waals surface area contributed by atoms with Crippen LogP contribution < -0.4 is 10.6 Å². The minimum Gasteiger partial charge on any atom is -0.459 e. The third-order valence-electron chi connectivity index (χ3n) is 3.13. The molecule has 0 aliphatic carbocycles. The summed E-state index contributed by atoms with van der Waals surface area (Å²) in [5.41, 5.74) is 1.60. The molecule has 23 heavy (non-hydrogen) atoms. The smallest absolute Gasteiger partial charge is 0.286 e. The van der Waals surface area contributed by atoms with Gasteiger partial charge in [-0.3, -0.25) is 9.59 Å². The van der Waals surface area contributed by atoms with Crippen molar-refractivity contribution in [2.75, 3.05) is 11.9 Å². The van der Waals surface area contributed by atoms with Gasteiger partial charge in [0.25, 0.3) is 5.91 Å². The number of carbonyl (C=O) groups excluding carboxylic acids is 2. The summed E-state index contributed by atoms with van der Waals surface area (Å²) in [7, 11) is 0. The molecule has 2 aromatic rings. The molecule has 0 radical (unpaired) electrons. The summed E-state index contributed by atoms with van der Waals surface area (Å²) in [4.78, 5) is 23.4. The van der Waals surface area contributed by atoms with E-state index in [1.54, 1.807) is 24.3 Å². The first-order valence-electron chi connectivity index (χ1n) is 7.26. The zero-order chi connectivity index (χ0) is 16.5. The molecule has 1 aromatic heterocycles. The van der Waals surface area contributed by atoms with E-state index in [0.29, 0.717) is 31.5 Å². The number of hydrogen-bond donors (Lipinski definition) is 2. The highest BCUT2D eigenvalue weighted by Crippen LogP contribution is 2.10. The van der Waals surface area contributed by atoms with E-state index >= 15 is 0 Å². The van der Waals surface area contributed by atoms with Crippen LogP contribution in [0.25, 0.3) is 0 Å². The molecule has 118 valence electrons. The number of hydrogen-bond acceptors (Lipinski definition) is 4. The van der Waals surface area contributed by atoms with E-state index in [1.807, 2.05) is 12.1 Å². The lowest BCUT2D eigenvalue weighted by Gasteiger charge is -2.06. The first-order chi connectivity index (χ1) is 11.2. The third kappa shape index (κ3) is 5.32. The van der Waals surface area contributed by atoms with Gasteiger partial charge in [0.05, 0.1) is 18.8 Å². The van der Waals surface area contributed by atoms with Gasteiger partial charge in [0.15, 0.2) is 5.76 Å². The summed E-state index contributed by atoms with van der Waals surface area (Å²) in [5.74, 6) is -0.152. The maximum absolute atomic E-state index is 11.8. The maximum Gasteiger partial charge on any atom is 0.286 e. The predicted octanol–water partition coefficient (Wildman–Crippen LogP) is 2.49. The first-order valence-corrected chi connectivity index (χ1v) is 7.26. The predicted molar refractivity (Wildman–Crippen MR) is 84.7 cm³/mol. The molecule has 2 N–H and O–H groups in total. The second-order valence-corrected chi connectivity index (χ2v) is 4.92. The van der Waals surface area contributed by atoms with Crippen LogP contribution in [-0.2, 0) is 11.2 Å². The average Bonchev–Trinajstić information content (AvgIpc) is 3.08. The van der Waals surface area contributed by atoms with Crippen LogP contribution in [0.15, 0.2) is 47.1 Å². The Morgan fingerprint density at radius 3 is 2.61 bits per heavy atom. The third-order valence-corrected chi connectivity index (χ3v) is 3.13. The zero-order valence-corrected chi connectivity index (χ0v) is 12.5. The first kappa shape index (κ1) is 16.3. The van der Waals surface area contributed by atoms with Gasteiger partial charge in [-0.2, -0.15) is 5.26 Å². The normalized spacial score (nSPS) is 9.87. The Hall–Kier alpha value is -3.07. The van der Waals surface area contributed by atoms with Gasteiger partial charge < -0.3 is 15.1 Å². The second-order valence-electron chi connectivity index (χ2n) is 4.92. The molecule has 0 unspecified atom stereocenters. The molecular formula is C17H17N3O3. The van der Waals surface area contributed by atoms with E-state index < -0.39 is 0 Å². The van der Waals surface area contributed by atoms with Crippen molar-refractivity contribution >= 4 is 17.5 Å². The van der Waals surface area contributed by atoms with Gasteiger partial charge in [0.2, 0.25) is 5.91 Å². The van der Waals surface area contributed by atoms with Gasteiger partial charge in [-0.05, 0) is 36.2 Å². The Kier molecular flexibility index (Phi) is 5.95. The molecule has 2 amide bonds. The van der Waals surface area contributed by atoms with E-state index in [0.717, 1.165) is 5.56 Å². The minimum atomic E-state index is -0.288. The lowest BCUT2D eigenvalue weighted by Crippen LogP contribution is -2.25. The molecule has 0 atom stereocenters. The number of benzene rings is 1. The second kappa shape index (κ2) is 8.39. The fourth-order valence-corrected chi connectivity index (χ4v) is 1.97. The highest BCUT2D eigenvalue weighted by atomic mass is 16.3. The number of carbonyl (C=O) groups is 2. The van der Waals surface area contributed by atoms with Crippen molar-refractivity contribution in [1.29, 1.82) is 5.26 Å². The molecule has 0 aliphatic heterocycles. The highest BCUT2D eigenvalue weighted by Gasteiger charge is 2.08. The fourth-order valence-electron chi connectivity index (χ4n) is 1.97. The highest BCUT2D eigenvalue weighted by molar-refractivity contribution is 5.92. The number of furan rings is 1. The Bertz CT molecular complexity index is 685. The molecule has 2 rings (SSSR count). The SMILES string of the molecule is N#CCc1ccc(NC(=O)CCCNC(=O)c2ccco2)cc1. The number of nitrogens with zero attached hydrogens (tertiary/aromatic N) is 1. The van der Waals surface area contributed by atoms with Crippen molar-refractivity contribution in [3.63, 3.8) is 0 Å². The molecule has 1 heterocycles. The maximum atomic E-state index is 11.8. The number of nitriles is 1. The Balaban J connectivity index is 1.67. The van der Waals surface area contributed by atoms with Crippen LogP contribution in [0.4, 0.5) is 5.69 Å². The zero-order valence-electron chi connectivity index (χ0n) is 12.5. The Morgan fingerprint density at radius 2 is 1.96 bits per heavy atom. The van der Waals surface area contributed by atoms with Gasteiger partial charge in [-0.25, -0.2) is 0 Å². The summed E-state index contributed by atoms with van der Waals surface area (Å²) in [5, 5.41) is 14.1. The van der Waals surface area contributed by atoms with E-state index in [4.69, 9.17) is 9.68 Å². The molecule has 0 spiro atoms. The van der Waals surface area contributed by atoms with Crippen molar-refractivity contribution in [1.82, 2.24) is 5.32 Å². The van der Waals surface area contributed by atoms with Crippen LogP contribution in [0.3, 0.4) is 0 Å². The molecule has 0 saturated heterocycles. The van der Waals surface area contributed by atoms with Crippen molar-refractivity contribution < 1.29 is 14.0 Å². The number of nitrogens with one attached hydrogen (secondary N) is 2. The Morgan fingerprint density at radius 1 is 1.17 bits per heavy atom. The fraction of sp³-hybridized carbons (Fsp3) is 0.235. The van der Waals surface area contributed by atoms with Crippen molar-refractivity contribution in [2.45, 2.75) is 19.3 Å². The summed E-state index contributed by atoms with van der Waals surface area (Å²) in [6, 6.07) is 12.4. The van der Waals surface area contributed by atoms with Crippen molar-refractivity contribution in [2.24, 2.45) is 0 Å². The summed E-state index contributed by atoms with van der Waals surface area (Å²) in [6.07, 6.45) is 2.62. The van der Waals surface area contributed by atoms with E-state index in [2.05, 4.69) is 16.7 Å². The van der Waals surface area contributed by atoms with Crippen LogP contribution in [0, 0.1) is 11.3 Å². The Labute approximate surface area is 134 Å². The van der Waals surface area contributed by atoms with Crippen LogP contribution in [0.5, 0.6) is 0 Å². The van der Waals surface area contributed by atoms with Crippen LogP contribution in [-0.4, -0.2) is 18.4 Å². The molecule has 0 aliphatic rings. The van der Waals surface area contributed by atoms with Gasteiger partial charge in [-0.1, -0.05) is 12.1 Å². The quantitative estimate of drug-likeness (QED) is 0.768. The standard InChI is InChI=1S/C17H17N3O3/c18-10-9-13-5-7-14(8-6-13)20-16(21)4-1-11-19-17(22)15-3-2-12-23-15/h2-3,5-8,12H,1,4,9,11H2,(H,19,22)(H,20,21).